The first-order chi connectivity index (χ1) is 13.8. The van der Waals surface area contributed by atoms with Crippen molar-refractivity contribution in [2.24, 2.45) is 23.2 Å². The smallest absolute Gasteiger partial charge is 0.310 e. The molecule has 6 rings (SSSR count). The third-order valence-electron chi connectivity index (χ3n) is 8.77. The van der Waals surface area contributed by atoms with Gasteiger partial charge in [-0.25, -0.2) is 0 Å². The number of carboxylic acids is 1. The molecular weight excluding hydrogens is 358 g/mol. The molecule has 4 bridgehead atoms. The number of aliphatic carboxylic acids is 1. The number of hydrogen-bond acceptors (Lipinski definition) is 2. The Balaban J connectivity index is 1.69. The second-order valence-corrected chi connectivity index (χ2v) is 10.2. The predicted octanol–water partition coefficient (Wildman–Crippen LogP) is 5.03. The van der Waals surface area contributed by atoms with Crippen LogP contribution in [0, 0.1) is 23.2 Å². The highest BCUT2D eigenvalue weighted by molar-refractivity contribution is 5.76. The number of nitrogens with zero attached hydrogens (tertiary/aromatic N) is 1. The van der Waals surface area contributed by atoms with E-state index in [4.69, 9.17) is 0 Å². The van der Waals surface area contributed by atoms with E-state index in [0.717, 1.165) is 19.4 Å². The van der Waals surface area contributed by atoms with Crippen LogP contribution in [0.2, 0.25) is 0 Å². The SMILES string of the molecule is CC1(C(=O)O)C2CC3CC1C(C(c1ccccc1)c1ccccc1)N(C2)C3(C)C. The fraction of sp³-hybridized carbons (Fsp3) is 0.500. The summed E-state index contributed by atoms with van der Waals surface area (Å²) in [6.45, 7) is 7.70. The average molecular weight is 390 g/mol. The summed E-state index contributed by atoms with van der Waals surface area (Å²) in [6, 6.07) is 21.6. The summed E-state index contributed by atoms with van der Waals surface area (Å²) in [5.74, 6) is 0.578. The molecule has 3 nitrogen and oxygen atoms in total. The summed E-state index contributed by atoms with van der Waals surface area (Å²) in [4.78, 5) is 15.3. The summed E-state index contributed by atoms with van der Waals surface area (Å²) in [7, 11) is 0. The lowest BCUT2D eigenvalue weighted by Crippen LogP contribution is -2.76. The summed E-state index contributed by atoms with van der Waals surface area (Å²) in [5, 5.41) is 10.4. The maximum atomic E-state index is 12.6. The van der Waals surface area contributed by atoms with Crippen LogP contribution in [0.1, 0.15) is 50.7 Å². The lowest BCUT2D eigenvalue weighted by molar-refractivity contribution is -0.222. The fourth-order valence-electron chi connectivity index (χ4n) is 6.96. The Morgan fingerprint density at radius 1 is 0.931 bits per heavy atom. The van der Waals surface area contributed by atoms with Gasteiger partial charge in [0.2, 0.25) is 0 Å². The third kappa shape index (κ3) is 2.56. The van der Waals surface area contributed by atoms with Crippen LogP contribution in [0.15, 0.2) is 60.7 Å². The van der Waals surface area contributed by atoms with Crippen LogP contribution in [0.4, 0.5) is 0 Å². The molecule has 4 fully saturated rings. The van der Waals surface area contributed by atoms with Crippen molar-refractivity contribution >= 4 is 5.97 Å². The van der Waals surface area contributed by atoms with Crippen molar-refractivity contribution < 1.29 is 9.90 Å². The second kappa shape index (κ2) is 6.43. The van der Waals surface area contributed by atoms with E-state index in [-0.39, 0.29) is 29.3 Å². The number of carboxylic acid groups (broad SMARTS) is 1. The Bertz CT molecular complexity index is 869. The van der Waals surface area contributed by atoms with Gasteiger partial charge in [-0.3, -0.25) is 9.69 Å². The minimum absolute atomic E-state index is 0.110. The molecule has 3 aliphatic heterocycles. The molecule has 3 heterocycles. The minimum atomic E-state index is -0.643. The van der Waals surface area contributed by atoms with Crippen molar-refractivity contribution in [1.82, 2.24) is 4.90 Å². The van der Waals surface area contributed by atoms with Crippen molar-refractivity contribution in [2.75, 3.05) is 6.54 Å². The topological polar surface area (TPSA) is 40.5 Å². The van der Waals surface area contributed by atoms with E-state index < -0.39 is 11.4 Å². The van der Waals surface area contributed by atoms with E-state index in [1.807, 2.05) is 6.92 Å². The fourth-order valence-corrected chi connectivity index (χ4v) is 6.96. The molecule has 0 spiro atoms. The Morgan fingerprint density at radius 2 is 1.48 bits per heavy atom. The number of hydrogen-bond donors (Lipinski definition) is 1. The standard InChI is InChI=1S/C26H31NO2/c1-25(2)19-14-20-16-27(25)23(21(15-19)26(20,3)24(28)29)22(17-10-6-4-7-11-17)18-12-8-5-9-13-18/h4-13,19-23H,14-16H2,1-3H3,(H,28,29). The van der Waals surface area contributed by atoms with Crippen molar-refractivity contribution in [3.05, 3.63) is 71.8 Å². The van der Waals surface area contributed by atoms with E-state index in [1.54, 1.807) is 0 Å². The lowest BCUT2D eigenvalue weighted by atomic mass is 9.46. The molecule has 1 N–H and O–H groups in total. The van der Waals surface area contributed by atoms with Gasteiger partial charge in [0.25, 0.3) is 0 Å². The van der Waals surface area contributed by atoms with Gasteiger partial charge in [0.05, 0.1) is 5.41 Å². The van der Waals surface area contributed by atoms with Gasteiger partial charge in [0, 0.05) is 24.0 Å². The summed E-state index contributed by atoms with van der Waals surface area (Å²) in [5.41, 5.74) is 2.05. The number of rotatable bonds is 4. The van der Waals surface area contributed by atoms with E-state index in [0.29, 0.717) is 5.92 Å². The molecule has 4 aliphatic rings. The van der Waals surface area contributed by atoms with Crippen LogP contribution in [0.25, 0.3) is 0 Å². The zero-order valence-corrected chi connectivity index (χ0v) is 17.6. The molecule has 29 heavy (non-hydrogen) atoms. The molecule has 152 valence electrons. The molecule has 3 heteroatoms. The monoisotopic (exact) mass is 389 g/mol. The van der Waals surface area contributed by atoms with Gasteiger partial charge in [0.15, 0.2) is 0 Å². The molecule has 2 aromatic rings. The van der Waals surface area contributed by atoms with Gasteiger partial charge >= 0.3 is 5.97 Å². The maximum Gasteiger partial charge on any atom is 0.310 e. The first-order valence-corrected chi connectivity index (χ1v) is 10.9. The molecular formula is C26H31NO2. The summed E-state index contributed by atoms with van der Waals surface area (Å²) >= 11 is 0. The van der Waals surface area contributed by atoms with Crippen LogP contribution in [-0.4, -0.2) is 34.1 Å². The molecule has 0 amide bonds. The van der Waals surface area contributed by atoms with Gasteiger partial charge in [-0.1, -0.05) is 60.7 Å². The first kappa shape index (κ1) is 18.9. The van der Waals surface area contributed by atoms with Crippen LogP contribution in [-0.2, 0) is 4.79 Å². The highest BCUT2D eigenvalue weighted by Crippen LogP contribution is 2.64. The highest BCUT2D eigenvalue weighted by Gasteiger charge is 2.67. The van der Waals surface area contributed by atoms with Crippen LogP contribution >= 0.6 is 0 Å². The zero-order valence-electron chi connectivity index (χ0n) is 17.6. The van der Waals surface area contributed by atoms with Crippen LogP contribution in [0.3, 0.4) is 0 Å². The highest BCUT2D eigenvalue weighted by atomic mass is 16.4. The number of benzene rings is 2. The van der Waals surface area contributed by atoms with Gasteiger partial charge in [-0.05, 0) is 62.5 Å². The van der Waals surface area contributed by atoms with E-state index >= 15 is 0 Å². The molecule has 6 atom stereocenters. The molecule has 1 aliphatic carbocycles. The van der Waals surface area contributed by atoms with Crippen LogP contribution in [0.5, 0.6) is 0 Å². The molecule has 2 aromatic carbocycles. The first-order valence-electron chi connectivity index (χ1n) is 10.9. The van der Waals surface area contributed by atoms with Crippen molar-refractivity contribution in [3.8, 4) is 0 Å². The van der Waals surface area contributed by atoms with E-state index in [9.17, 15) is 9.90 Å². The number of carbonyl (C=O) groups is 1. The van der Waals surface area contributed by atoms with Gasteiger partial charge in [-0.15, -0.1) is 0 Å². The normalized spacial score (nSPS) is 37.0. The van der Waals surface area contributed by atoms with Crippen molar-refractivity contribution in [2.45, 2.75) is 51.1 Å². The number of piperidine rings is 3. The Kier molecular flexibility index (Phi) is 4.19. The third-order valence-corrected chi connectivity index (χ3v) is 8.77. The molecule has 6 unspecified atom stereocenters. The second-order valence-electron chi connectivity index (χ2n) is 10.2. The van der Waals surface area contributed by atoms with Crippen molar-refractivity contribution in [1.29, 1.82) is 0 Å². The Morgan fingerprint density at radius 3 is 2.00 bits per heavy atom. The van der Waals surface area contributed by atoms with E-state index in [1.165, 1.54) is 11.1 Å². The molecule has 0 aromatic heterocycles. The maximum absolute atomic E-state index is 12.6. The molecule has 0 radical (unpaired) electrons. The molecule has 1 saturated carbocycles. The molecule has 3 saturated heterocycles. The van der Waals surface area contributed by atoms with Crippen LogP contribution < -0.4 is 0 Å². The Hall–Kier alpha value is -2.13. The average Bonchev–Trinajstić information content (AvgIpc) is 2.70. The predicted molar refractivity (Wildman–Crippen MR) is 115 cm³/mol. The lowest BCUT2D eigenvalue weighted by Gasteiger charge is -2.70. The van der Waals surface area contributed by atoms with Gasteiger partial charge in [0.1, 0.15) is 0 Å². The minimum Gasteiger partial charge on any atom is -0.481 e. The van der Waals surface area contributed by atoms with Gasteiger partial charge < -0.3 is 5.11 Å². The van der Waals surface area contributed by atoms with Gasteiger partial charge in [-0.2, -0.15) is 0 Å². The summed E-state index contributed by atoms with van der Waals surface area (Å²) in [6.07, 6.45) is 2.07. The van der Waals surface area contributed by atoms with Crippen molar-refractivity contribution in [3.63, 3.8) is 0 Å². The largest absolute Gasteiger partial charge is 0.481 e. The zero-order chi connectivity index (χ0) is 20.4. The Labute approximate surface area is 173 Å². The van der Waals surface area contributed by atoms with E-state index in [2.05, 4.69) is 79.4 Å². The quantitative estimate of drug-likeness (QED) is 0.797. The summed E-state index contributed by atoms with van der Waals surface area (Å²) < 4.78 is 0.